The predicted molar refractivity (Wildman–Crippen MR) is 76.9 cm³/mol. The summed E-state index contributed by atoms with van der Waals surface area (Å²) in [5.41, 5.74) is 6.55. The standard InChI is InChI=1S/C13H12ClN5O/c1-2-19-12-10(11(15)16-7-17-12)13(18-19)20-9-5-3-4-8(14)6-9/h3-7H,2H2,1H3,(H2,15,16,17). The number of nitrogen functional groups attached to an aromatic ring is 1. The molecule has 2 heterocycles. The Morgan fingerprint density at radius 2 is 2.20 bits per heavy atom. The maximum Gasteiger partial charge on any atom is 0.251 e. The molecule has 0 atom stereocenters. The minimum absolute atomic E-state index is 0.340. The smallest absolute Gasteiger partial charge is 0.251 e. The molecule has 7 heteroatoms. The Bertz CT molecular complexity index is 771. The van der Waals surface area contributed by atoms with Crippen LogP contribution in [0, 0.1) is 0 Å². The molecule has 102 valence electrons. The van der Waals surface area contributed by atoms with Gasteiger partial charge in [0.25, 0.3) is 5.88 Å². The zero-order valence-corrected chi connectivity index (χ0v) is 11.5. The van der Waals surface area contributed by atoms with E-state index in [0.717, 1.165) is 0 Å². The van der Waals surface area contributed by atoms with Crippen LogP contribution in [0.5, 0.6) is 11.6 Å². The first kappa shape index (κ1) is 12.7. The number of aromatic nitrogens is 4. The van der Waals surface area contributed by atoms with Gasteiger partial charge in [0.05, 0.1) is 0 Å². The second-order valence-corrected chi connectivity index (χ2v) is 4.57. The van der Waals surface area contributed by atoms with Crippen LogP contribution in [-0.2, 0) is 6.54 Å². The van der Waals surface area contributed by atoms with Crippen molar-refractivity contribution in [3.8, 4) is 11.6 Å². The van der Waals surface area contributed by atoms with Crippen molar-refractivity contribution in [1.29, 1.82) is 0 Å². The van der Waals surface area contributed by atoms with Crippen LogP contribution >= 0.6 is 11.6 Å². The Morgan fingerprint density at radius 1 is 1.35 bits per heavy atom. The lowest BCUT2D eigenvalue weighted by Crippen LogP contribution is -1.98. The van der Waals surface area contributed by atoms with Gasteiger partial charge in [-0.3, -0.25) is 0 Å². The highest BCUT2D eigenvalue weighted by Gasteiger charge is 2.16. The fourth-order valence-electron chi connectivity index (χ4n) is 1.93. The maximum absolute atomic E-state index is 5.94. The summed E-state index contributed by atoms with van der Waals surface area (Å²) in [4.78, 5) is 8.18. The first-order chi connectivity index (χ1) is 9.69. The Hall–Kier alpha value is -2.34. The molecule has 0 amide bonds. The van der Waals surface area contributed by atoms with E-state index in [1.165, 1.54) is 6.33 Å². The first-order valence-corrected chi connectivity index (χ1v) is 6.47. The lowest BCUT2D eigenvalue weighted by atomic mass is 10.3. The van der Waals surface area contributed by atoms with Crippen LogP contribution in [0.15, 0.2) is 30.6 Å². The Morgan fingerprint density at radius 3 is 2.95 bits per heavy atom. The summed E-state index contributed by atoms with van der Waals surface area (Å²) in [7, 11) is 0. The van der Waals surface area contributed by atoms with E-state index in [0.29, 0.717) is 40.0 Å². The number of halogens is 1. The van der Waals surface area contributed by atoms with Gasteiger partial charge in [0.15, 0.2) is 5.65 Å². The van der Waals surface area contributed by atoms with E-state index >= 15 is 0 Å². The van der Waals surface area contributed by atoms with Crippen LogP contribution in [0.2, 0.25) is 5.02 Å². The molecule has 0 radical (unpaired) electrons. The van der Waals surface area contributed by atoms with Gasteiger partial charge in [0.2, 0.25) is 0 Å². The summed E-state index contributed by atoms with van der Waals surface area (Å²) in [5.74, 6) is 1.30. The van der Waals surface area contributed by atoms with Crippen molar-refractivity contribution in [2.24, 2.45) is 0 Å². The molecule has 0 saturated heterocycles. The average Bonchev–Trinajstić information content (AvgIpc) is 2.78. The number of nitrogens with zero attached hydrogens (tertiary/aromatic N) is 4. The number of aryl methyl sites for hydroxylation is 1. The molecule has 2 aromatic heterocycles. The van der Waals surface area contributed by atoms with Crippen LogP contribution in [0.4, 0.5) is 5.82 Å². The molecule has 3 aromatic rings. The van der Waals surface area contributed by atoms with Gasteiger partial charge in [-0.15, -0.1) is 5.10 Å². The summed E-state index contributed by atoms with van der Waals surface area (Å²) in [5, 5.41) is 5.56. The minimum atomic E-state index is 0.340. The van der Waals surface area contributed by atoms with Gasteiger partial charge in [-0.05, 0) is 25.1 Å². The van der Waals surface area contributed by atoms with Gasteiger partial charge in [-0.1, -0.05) is 17.7 Å². The first-order valence-electron chi connectivity index (χ1n) is 6.09. The molecular formula is C13H12ClN5O. The topological polar surface area (TPSA) is 78.9 Å². The van der Waals surface area contributed by atoms with E-state index in [9.17, 15) is 0 Å². The maximum atomic E-state index is 5.94. The number of rotatable bonds is 3. The molecule has 20 heavy (non-hydrogen) atoms. The van der Waals surface area contributed by atoms with E-state index < -0.39 is 0 Å². The van der Waals surface area contributed by atoms with Crippen LogP contribution in [0.3, 0.4) is 0 Å². The van der Waals surface area contributed by atoms with Gasteiger partial charge in [-0.2, -0.15) is 0 Å². The number of hydrogen-bond acceptors (Lipinski definition) is 5. The van der Waals surface area contributed by atoms with Crippen molar-refractivity contribution in [2.45, 2.75) is 13.5 Å². The number of hydrogen-bond donors (Lipinski definition) is 1. The number of benzene rings is 1. The molecule has 3 rings (SSSR count). The Labute approximate surface area is 120 Å². The van der Waals surface area contributed by atoms with E-state index in [1.54, 1.807) is 28.9 Å². The lowest BCUT2D eigenvalue weighted by molar-refractivity contribution is 0.454. The van der Waals surface area contributed by atoms with Crippen molar-refractivity contribution >= 4 is 28.5 Å². The number of anilines is 1. The molecule has 0 fully saturated rings. The van der Waals surface area contributed by atoms with Gasteiger partial charge < -0.3 is 10.5 Å². The minimum Gasteiger partial charge on any atom is -0.437 e. The van der Waals surface area contributed by atoms with Crippen molar-refractivity contribution in [3.63, 3.8) is 0 Å². The van der Waals surface area contributed by atoms with Gasteiger partial charge in [0, 0.05) is 11.6 Å². The van der Waals surface area contributed by atoms with Crippen molar-refractivity contribution in [3.05, 3.63) is 35.6 Å². The van der Waals surface area contributed by atoms with Crippen molar-refractivity contribution < 1.29 is 4.74 Å². The number of nitrogens with two attached hydrogens (primary N) is 1. The van der Waals surface area contributed by atoms with Gasteiger partial charge in [0.1, 0.15) is 23.3 Å². The molecular weight excluding hydrogens is 278 g/mol. The predicted octanol–water partition coefficient (Wildman–Crippen LogP) is 2.87. The fraction of sp³-hybridized carbons (Fsp3) is 0.154. The second kappa shape index (κ2) is 4.97. The normalized spacial score (nSPS) is 10.9. The van der Waals surface area contributed by atoms with Crippen LogP contribution in [-0.4, -0.2) is 19.7 Å². The average molecular weight is 290 g/mol. The molecule has 1 aromatic carbocycles. The largest absolute Gasteiger partial charge is 0.437 e. The van der Waals surface area contributed by atoms with Crippen LogP contribution in [0.25, 0.3) is 11.0 Å². The van der Waals surface area contributed by atoms with Crippen LogP contribution in [0.1, 0.15) is 6.92 Å². The molecule has 0 aliphatic heterocycles. The van der Waals surface area contributed by atoms with Crippen molar-refractivity contribution in [2.75, 3.05) is 5.73 Å². The third-order valence-electron chi connectivity index (χ3n) is 2.84. The zero-order chi connectivity index (χ0) is 14.1. The number of fused-ring (bicyclic) bond motifs is 1. The molecule has 6 nitrogen and oxygen atoms in total. The molecule has 2 N–H and O–H groups in total. The lowest BCUT2D eigenvalue weighted by Gasteiger charge is -2.03. The summed E-state index contributed by atoms with van der Waals surface area (Å²) < 4.78 is 7.47. The van der Waals surface area contributed by atoms with E-state index in [1.807, 2.05) is 6.92 Å². The quantitative estimate of drug-likeness (QED) is 0.802. The fourth-order valence-corrected chi connectivity index (χ4v) is 2.11. The van der Waals surface area contributed by atoms with Gasteiger partial charge >= 0.3 is 0 Å². The van der Waals surface area contributed by atoms with E-state index in [-0.39, 0.29) is 0 Å². The SMILES string of the molecule is CCn1nc(Oc2cccc(Cl)c2)c2c(N)ncnc21. The van der Waals surface area contributed by atoms with Gasteiger partial charge in [-0.25, -0.2) is 14.6 Å². The third kappa shape index (κ3) is 2.14. The zero-order valence-electron chi connectivity index (χ0n) is 10.7. The molecule has 0 unspecified atom stereocenters. The second-order valence-electron chi connectivity index (χ2n) is 4.14. The highest BCUT2D eigenvalue weighted by molar-refractivity contribution is 6.30. The molecule has 0 bridgehead atoms. The van der Waals surface area contributed by atoms with Crippen molar-refractivity contribution in [1.82, 2.24) is 19.7 Å². The summed E-state index contributed by atoms with van der Waals surface area (Å²) >= 11 is 5.94. The molecule has 0 aliphatic rings. The molecule has 0 aliphatic carbocycles. The highest BCUT2D eigenvalue weighted by Crippen LogP contribution is 2.31. The Kier molecular flexibility index (Phi) is 3.15. The van der Waals surface area contributed by atoms with E-state index in [2.05, 4.69) is 15.1 Å². The van der Waals surface area contributed by atoms with E-state index in [4.69, 9.17) is 22.1 Å². The summed E-state index contributed by atoms with van der Waals surface area (Å²) in [6, 6.07) is 7.08. The molecule has 0 saturated carbocycles. The summed E-state index contributed by atoms with van der Waals surface area (Å²) in [6.45, 7) is 2.62. The molecule has 0 spiro atoms. The van der Waals surface area contributed by atoms with Crippen LogP contribution < -0.4 is 10.5 Å². The monoisotopic (exact) mass is 289 g/mol. The Balaban J connectivity index is 2.12. The highest BCUT2D eigenvalue weighted by atomic mass is 35.5. The number of ether oxygens (including phenoxy) is 1. The third-order valence-corrected chi connectivity index (χ3v) is 3.07. The summed E-state index contributed by atoms with van der Waals surface area (Å²) in [6.07, 6.45) is 1.41.